The van der Waals surface area contributed by atoms with E-state index < -0.39 is 0 Å². The largest absolute Gasteiger partial charge is 0.491 e. The molecule has 2 fully saturated rings. The van der Waals surface area contributed by atoms with Gasteiger partial charge in [0.25, 0.3) is 0 Å². The summed E-state index contributed by atoms with van der Waals surface area (Å²) in [6, 6.07) is 7.28. The number of anilines is 1. The molecule has 21 heavy (non-hydrogen) atoms. The molecule has 1 aliphatic heterocycles. The third-order valence-electron chi connectivity index (χ3n) is 4.59. The first kappa shape index (κ1) is 13.9. The van der Waals surface area contributed by atoms with Crippen molar-refractivity contribution in [3.05, 3.63) is 24.3 Å². The maximum absolute atomic E-state index is 12.1. The second-order valence-electron chi connectivity index (χ2n) is 6.34. The molecule has 0 spiro atoms. The fourth-order valence-electron chi connectivity index (χ4n) is 3.24. The second kappa shape index (κ2) is 4.76. The molecule has 1 aromatic carbocycles. The van der Waals surface area contributed by atoms with E-state index >= 15 is 0 Å². The number of benzene rings is 1. The summed E-state index contributed by atoms with van der Waals surface area (Å²) in [5.74, 6) is 0.398. The van der Waals surface area contributed by atoms with Gasteiger partial charge >= 0.3 is 0 Å². The Bertz CT molecular complexity index is 573. The molecule has 0 bridgehead atoms. The Kier molecular flexibility index (Phi) is 3.15. The van der Waals surface area contributed by atoms with Gasteiger partial charge in [0.2, 0.25) is 11.8 Å². The number of carbonyl (C=O) groups excluding carboxylic acids is 2. The highest BCUT2D eigenvalue weighted by atomic mass is 16.5. The summed E-state index contributed by atoms with van der Waals surface area (Å²) in [5, 5.41) is 0. The van der Waals surface area contributed by atoms with Gasteiger partial charge in [-0.15, -0.1) is 0 Å². The monoisotopic (exact) mass is 288 g/mol. The Morgan fingerprint density at radius 1 is 1.19 bits per heavy atom. The molecule has 1 heterocycles. The van der Waals surface area contributed by atoms with Crippen LogP contribution >= 0.6 is 0 Å². The molecule has 2 N–H and O–H groups in total. The molecule has 2 unspecified atom stereocenters. The predicted molar refractivity (Wildman–Crippen MR) is 78.4 cm³/mol. The van der Waals surface area contributed by atoms with E-state index in [4.69, 9.17) is 10.5 Å². The van der Waals surface area contributed by atoms with Crippen molar-refractivity contribution in [3.63, 3.8) is 0 Å². The van der Waals surface area contributed by atoms with E-state index in [1.54, 1.807) is 12.1 Å². The average molecular weight is 288 g/mol. The zero-order valence-electron chi connectivity index (χ0n) is 12.3. The first-order chi connectivity index (χ1) is 9.94. The fourth-order valence-corrected chi connectivity index (χ4v) is 3.24. The topological polar surface area (TPSA) is 72.6 Å². The van der Waals surface area contributed by atoms with Gasteiger partial charge in [0.05, 0.1) is 24.1 Å². The van der Waals surface area contributed by atoms with Crippen molar-refractivity contribution < 1.29 is 14.3 Å². The van der Waals surface area contributed by atoms with Gasteiger partial charge in [-0.1, -0.05) is 26.0 Å². The van der Waals surface area contributed by atoms with Gasteiger partial charge in [0.15, 0.2) is 0 Å². The van der Waals surface area contributed by atoms with Crippen LogP contribution in [0.15, 0.2) is 24.3 Å². The van der Waals surface area contributed by atoms with Crippen molar-refractivity contribution in [2.24, 2.45) is 17.3 Å². The molecule has 1 aromatic rings. The molecule has 2 atom stereocenters. The maximum Gasteiger partial charge on any atom is 0.233 e. The van der Waals surface area contributed by atoms with E-state index in [0.29, 0.717) is 31.0 Å². The first-order valence-corrected chi connectivity index (χ1v) is 7.27. The van der Waals surface area contributed by atoms with E-state index in [2.05, 4.69) is 0 Å². The number of amides is 2. The smallest absolute Gasteiger partial charge is 0.233 e. The van der Waals surface area contributed by atoms with Crippen LogP contribution in [0.5, 0.6) is 5.75 Å². The number of para-hydroxylation sites is 2. The number of nitrogens with zero attached hydrogens (tertiary/aromatic N) is 1. The van der Waals surface area contributed by atoms with Crippen LogP contribution in [-0.4, -0.2) is 29.9 Å². The van der Waals surface area contributed by atoms with Crippen LogP contribution in [0.4, 0.5) is 5.69 Å². The Morgan fingerprint density at radius 3 is 2.43 bits per heavy atom. The lowest BCUT2D eigenvalue weighted by atomic mass is 10.1. The number of carbonyl (C=O) groups is 2. The molecular weight excluding hydrogens is 268 g/mol. The Balaban J connectivity index is 1.48. The molecule has 1 saturated heterocycles. The number of likely N-dealkylation sites (tertiary alicyclic amines) is 1. The molecule has 1 saturated carbocycles. The van der Waals surface area contributed by atoms with E-state index in [-0.39, 0.29) is 29.1 Å². The van der Waals surface area contributed by atoms with Crippen LogP contribution in [0, 0.1) is 17.3 Å². The molecule has 5 nitrogen and oxygen atoms in total. The molecule has 1 aliphatic carbocycles. The van der Waals surface area contributed by atoms with Gasteiger partial charge in [-0.25, -0.2) is 0 Å². The first-order valence-electron chi connectivity index (χ1n) is 7.27. The van der Waals surface area contributed by atoms with Crippen LogP contribution in [-0.2, 0) is 9.59 Å². The van der Waals surface area contributed by atoms with Gasteiger partial charge < -0.3 is 10.5 Å². The minimum atomic E-state index is -0.139. The SMILES string of the molecule is CC1(C)C2C(=O)N(CCCOc3ccccc3N)C(=O)C21. The molecule has 112 valence electrons. The lowest BCUT2D eigenvalue weighted by Gasteiger charge is -2.20. The number of hydrogen-bond donors (Lipinski definition) is 1. The molecular formula is C16H20N2O3. The lowest BCUT2D eigenvalue weighted by Crippen LogP contribution is -2.37. The summed E-state index contributed by atoms with van der Waals surface area (Å²) in [7, 11) is 0. The molecule has 3 rings (SSSR count). The zero-order valence-corrected chi connectivity index (χ0v) is 12.3. The van der Waals surface area contributed by atoms with E-state index in [1.165, 1.54) is 4.90 Å². The quantitative estimate of drug-likeness (QED) is 0.508. The molecule has 0 radical (unpaired) electrons. The highest BCUT2D eigenvalue weighted by molar-refractivity contribution is 6.10. The van der Waals surface area contributed by atoms with Crippen molar-refractivity contribution in [2.45, 2.75) is 20.3 Å². The summed E-state index contributed by atoms with van der Waals surface area (Å²) in [4.78, 5) is 25.7. The number of nitrogen functional groups attached to an aromatic ring is 1. The number of rotatable bonds is 5. The third kappa shape index (κ3) is 2.17. The molecule has 2 aliphatic rings. The van der Waals surface area contributed by atoms with Gasteiger partial charge in [-0.2, -0.15) is 0 Å². The normalized spacial score (nSPS) is 25.9. The van der Waals surface area contributed by atoms with Crippen LogP contribution in [0.2, 0.25) is 0 Å². The highest BCUT2D eigenvalue weighted by Gasteiger charge is 2.72. The Hall–Kier alpha value is -2.04. The Labute approximate surface area is 124 Å². The second-order valence-corrected chi connectivity index (χ2v) is 6.34. The number of nitrogens with two attached hydrogens (primary N) is 1. The average Bonchev–Trinajstić information content (AvgIpc) is 2.91. The number of ether oxygens (including phenoxy) is 1. The van der Waals surface area contributed by atoms with Gasteiger partial charge in [0.1, 0.15) is 5.75 Å². The number of fused-ring (bicyclic) bond motifs is 1. The molecule has 5 heteroatoms. The van der Waals surface area contributed by atoms with Crippen LogP contribution < -0.4 is 10.5 Å². The lowest BCUT2D eigenvalue weighted by molar-refractivity contribution is -0.143. The van der Waals surface area contributed by atoms with E-state index in [9.17, 15) is 9.59 Å². The van der Waals surface area contributed by atoms with Crippen molar-refractivity contribution in [2.75, 3.05) is 18.9 Å². The highest BCUT2D eigenvalue weighted by Crippen LogP contribution is 2.63. The summed E-state index contributed by atoms with van der Waals surface area (Å²) < 4.78 is 5.57. The van der Waals surface area contributed by atoms with Crippen LogP contribution in [0.25, 0.3) is 0 Å². The number of imide groups is 1. The number of piperidine rings is 1. The standard InChI is InChI=1S/C16H20N2O3/c1-16(2)12-13(16)15(20)18(14(12)19)8-5-9-21-11-7-4-3-6-10(11)17/h3-4,6-7,12-13H,5,8-9,17H2,1-2H3. The van der Waals surface area contributed by atoms with Gasteiger partial charge in [0, 0.05) is 6.54 Å². The minimum Gasteiger partial charge on any atom is -0.491 e. The minimum absolute atomic E-state index is 0.0192. The fraction of sp³-hybridized carbons (Fsp3) is 0.500. The molecule has 0 aromatic heterocycles. The van der Waals surface area contributed by atoms with E-state index in [1.807, 2.05) is 26.0 Å². The maximum atomic E-state index is 12.1. The van der Waals surface area contributed by atoms with Crippen LogP contribution in [0.1, 0.15) is 20.3 Å². The van der Waals surface area contributed by atoms with Gasteiger partial charge in [-0.05, 0) is 24.0 Å². The summed E-state index contributed by atoms with van der Waals surface area (Å²) in [6.07, 6.45) is 0.617. The summed E-state index contributed by atoms with van der Waals surface area (Å²) >= 11 is 0. The predicted octanol–water partition coefficient (Wildman–Crippen LogP) is 1.68. The number of hydrogen-bond acceptors (Lipinski definition) is 4. The Morgan fingerprint density at radius 2 is 1.81 bits per heavy atom. The van der Waals surface area contributed by atoms with Crippen molar-refractivity contribution in [1.29, 1.82) is 0 Å². The molecule has 2 amide bonds. The third-order valence-corrected chi connectivity index (χ3v) is 4.59. The van der Waals surface area contributed by atoms with E-state index in [0.717, 1.165) is 0 Å². The summed E-state index contributed by atoms with van der Waals surface area (Å²) in [6.45, 7) is 4.82. The van der Waals surface area contributed by atoms with Gasteiger partial charge in [-0.3, -0.25) is 14.5 Å². The zero-order chi connectivity index (χ0) is 15.2. The van der Waals surface area contributed by atoms with Crippen molar-refractivity contribution >= 4 is 17.5 Å². The van der Waals surface area contributed by atoms with Crippen molar-refractivity contribution in [1.82, 2.24) is 4.90 Å². The van der Waals surface area contributed by atoms with Crippen molar-refractivity contribution in [3.8, 4) is 5.75 Å². The summed E-state index contributed by atoms with van der Waals surface area (Å²) in [5.41, 5.74) is 6.23. The van der Waals surface area contributed by atoms with Crippen LogP contribution in [0.3, 0.4) is 0 Å².